The summed E-state index contributed by atoms with van der Waals surface area (Å²) in [5.74, 6) is 0. The maximum atomic E-state index is 2.46. The second-order valence-corrected chi connectivity index (χ2v) is 11.8. The van der Waals surface area contributed by atoms with E-state index in [0.29, 0.717) is 14.5 Å². The van der Waals surface area contributed by atoms with E-state index >= 15 is 0 Å². The van der Waals surface area contributed by atoms with Crippen molar-refractivity contribution >= 4 is 64.1 Å². The fourth-order valence-electron chi connectivity index (χ4n) is 3.20. The van der Waals surface area contributed by atoms with Crippen molar-refractivity contribution in [1.82, 2.24) is 0 Å². The van der Waals surface area contributed by atoms with Crippen LogP contribution < -0.4 is 0 Å². The fourth-order valence-corrected chi connectivity index (χ4v) is 8.34. The molecule has 0 N–H and O–H groups in total. The Hall–Kier alpha value is -1.29. The first-order valence-corrected chi connectivity index (χ1v) is 11.7. The van der Waals surface area contributed by atoms with Crippen LogP contribution in [0.5, 0.6) is 0 Å². The zero-order chi connectivity index (χ0) is 15.4. The molecule has 0 saturated heterocycles. The molecule has 0 fully saturated rings. The summed E-state index contributed by atoms with van der Waals surface area (Å²) in [6, 6.07) is 25.3. The summed E-state index contributed by atoms with van der Waals surface area (Å²) >= 11 is 0.273. The molecule has 0 aliphatic carbocycles. The zero-order valence-electron chi connectivity index (χ0n) is 12.7. The van der Waals surface area contributed by atoms with Crippen LogP contribution >= 0.6 is 0 Å². The minimum atomic E-state index is -0.261. The van der Waals surface area contributed by atoms with E-state index in [-0.39, 0.29) is 20.4 Å². The van der Waals surface area contributed by atoms with Gasteiger partial charge < -0.3 is 0 Å². The quantitative estimate of drug-likeness (QED) is 0.293. The van der Waals surface area contributed by atoms with Gasteiger partial charge in [-0.15, -0.1) is 0 Å². The first kappa shape index (κ1) is 14.1. The number of rotatable bonds is 1. The molecule has 3 aromatic carbocycles. The molecular weight excluding hydrogens is 459 g/mol. The second-order valence-electron chi connectivity index (χ2n) is 5.96. The van der Waals surface area contributed by atoms with E-state index in [0.717, 1.165) is 0 Å². The molecule has 0 bridgehead atoms. The van der Waals surface area contributed by atoms with Crippen LogP contribution in [0.25, 0.3) is 38.3 Å². The molecule has 0 aliphatic heterocycles. The van der Waals surface area contributed by atoms with E-state index in [1.54, 1.807) is 11.2 Å². The Morgan fingerprint density at radius 3 is 2.39 bits per heavy atom. The van der Waals surface area contributed by atoms with Gasteiger partial charge in [-0.1, -0.05) is 0 Å². The molecule has 110 valence electrons. The summed E-state index contributed by atoms with van der Waals surface area (Å²) < 4.78 is 6.25. The molecule has 0 amide bonds. The van der Waals surface area contributed by atoms with Crippen LogP contribution in [0.2, 0.25) is 0 Å². The summed E-state index contributed by atoms with van der Waals surface area (Å²) in [6.45, 7) is 2.26. The molecule has 2 aromatic heterocycles. The summed E-state index contributed by atoms with van der Waals surface area (Å²) in [5.41, 5.74) is 1.40. The van der Waals surface area contributed by atoms with Gasteiger partial charge in [0.05, 0.1) is 0 Å². The van der Waals surface area contributed by atoms with E-state index < -0.39 is 0 Å². The van der Waals surface area contributed by atoms with E-state index in [2.05, 4.69) is 73.7 Å². The average molecular weight is 473 g/mol. The standard InChI is InChI=1S/C21H14SeTe/c1-13-7-17-8-15-9-18-12-20(14-5-3-2-4-6-14)23-21(18)11-16(15)10-19(17)22-13/h2-12H,1H3. The topological polar surface area (TPSA) is 0 Å². The third-order valence-electron chi connectivity index (χ3n) is 4.29. The van der Waals surface area contributed by atoms with Gasteiger partial charge >= 0.3 is 151 Å². The predicted octanol–water partition coefficient (Wildman–Crippen LogP) is 5.24. The molecule has 5 rings (SSSR count). The van der Waals surface area contributed by atoms with Crippen molar-refractivity contribution < 1.29 is 0 Å². The van der Waals surface area contributed by atoms with E-state index in [1.165, 1.54) is 31.5 Å². The third-order valence-corrected chi connectivity index (χ3v) is 9.69. The van der Waals surface area contributed by atoms with Crippen molar-refractivity contribution in [2.75, 3.05) is 0 Å². The van der Waals surface area contributed by atoms with Crippen LogP contribution in [-0.4, -0.2) is 34.9 Å². The van der Waals surface area contributed by atoms with Gasteiger partial charge in [-0.3, -0.25) is 0 Å². The Kier molecular flexibility index (Phi) is 3.29. The summed E-state index contributed by atoms with van der Waals surface area (Å²) in [4.78, 5) is 0. The summed E-state index contributed by atoms with van der Waals surface area (Å²) in [5, 5.41) is 5.71. The van der Waals surface area contributed by atoms with Gasteiger partial charge in [-0.05, 0) is 0 Å². The van der Waals surface area contributed by atoms with Crippen molar-refractivity contribution in [3.63, 3.8) is 0 Å². The van der Waals surface area contributed by atoms with Crippen molar-refractivity contribution in [1.29, 1.82) is 0 Å². The number of benzene rings is 3. The van der Waals surface area contributed by atoms with Gasteiger partial charge in [-0.25, -0.2) is 0 Å². The molecule has 0 unspecified atom stereocenters. The van der Waals surface area contributed by atoms with Gasteiger partial charge in [0, 0.05) is 0 Å². The van der Waals surface area contributed by atoms with Crippen LogP contribution in [0.3, 0.4) is 0 Å². The van der Waals surface area contributed by atoms with Crippen LogP contribution in [0.4, 0.5) is 0 Å². The molecule has 0 aliphatic rings. The Morgan fingerprint density at radius 2 is 1.52 bits per heavy atom. The molecule has 5 aromatic rings. The SMILES string of the molecule is Cc1cc2cc3cc4cc(-c5ccccc5)[te]c4cc3cc2[se]1. The van der Waals surface area contributed by atoms with Crippen molar-refractivity contribution in [3.05, 3.63) is 71.2 Å². The molecular formula is C21H14SeTe. The molecule has 2 heteroatoms. The Labute approximate surface area is 150 Å². The molecule has 0 nitrogen and oxygen atoms in total. The minimum absolute atomic E-state index is 0.261. The van der Waals surface area contributed by atoms with Crippen LogP contribution in [0.15, 0.2) is 66.7 Å². The first-order chi connectivity index (χ1) is 11.3. The van der Waals surface area contributed by atoms with Crippen molar-refractivity contribution in [2.24, 2.45) is 0 Å². The number of fused-ring (bicyclic) bond motifs is 3. The van der Waals surface area contributed by atoms with Gasteiger partial charge in [0.2, 0.25) is 0 Å². The second kappa shape index (κ2) is 5.37. The van der Waals surface area contributed by atoms with Crippen LogP contribution in [-0.2, 0) is 0 Å². The van der Waals surface area contributed by atoms with E-state index in [4.69, 9.17) is 0 Å². The normalized spacial score (nSPS) is 11.7. The molecule has 0 atom stereocenters. The van der Waals surface area contributed by atoms with E-state index in [9.17, 15) is 0 Å². The molecule has 0 radical (unpaired) electrons. The summed E-state index contributed by atoms with van der Waals surface area (Å²) in [6.07, 6.45) is 0. The van der Waals surface area contributed by atoms with Gasteiger partial charge in [0.25, 0.3) is 0 Å². The molecule has 0 saturated carbocycles. The van der Waals surface area contributed by atoms with Crippen molar-refractivity contribution in [2.45, 2.75) is 6.92 Å². The third kappa shape index (κ3) is 2.42. The Morgan fingerprint density at radius 1 is 0.739 bits per heavy atom. The van der Waals surface area contributed by atoms with E-state index in [1.807, 2.05) is 0 Å². The Bertz CT molecular complexity index is 1090. The molecule has 0 spiro atoms. The maximum absolute atomic E-state index is 2.46. The first-order valence-electron chi connectivity index (χ1n) is 7.69. The van der Waals surface area contributed by atoms with Gasteiger partial charge in [0.1, 0.15) is 0 Å². The molecule has 23 heavy (non-hydrogen) atoms. The monoisotopic (exact) mass is 476 g/mol. The number of aryl methyl sites for hydroxylation is 1. The average Bonchev–Trinajstić information content (AvgIpc) is 3.12. The molecule has 2 heterocycles. The van der Waals surface area contributed by atoms with Crippen molar-refractivity contribution in [3.8, 4) is 9.14 Å². The van der Waals surface area contributed by atoms with Crippen LogP contribution in [0.1, 0.15) is 4.44 Å². The number of hydrogen-bond acceptors (Lipinski definition) is 0. The zero-order valence-corrected chi connectivity index (χ0v) is 16.7. The number of hydrogen-bond donors (Lipinski definition) is 0. The van der Waals surface area contributed by atoms with Crippen LogP contribution in [0, 0.1) is 6.92 Å². The fraction of sp³-hybridized carbons (Fsp3) is 0.0476. The van der Waals surface area contributed by atoms with Gasteiger partial charge in [-0.2, -0.15) is 0 Å². The predicted molar refractivity (Wildman–Crippen MR) is 103 cm³/mol. The summed E-state index contributed by atoms with van der Waals surface area (Å²) in [7, 11) is 0. The van der Waals surface area contributed by atoms with Gasteiger partial charge in [0.15, 0.2) is 0 Å². The Balaban J connectivity index is 1.77.